The molecule has 0 bridgehead atoms. The van der Waals surface area contributed by atoms with Crippen LogP contribution in [0.25, 0.3) is 0 Å². The van der Waals surface area contributed by atoms with Gasteiger partial charge >= 0.3 is 0 Å². The fourth-order valence-corrected chi connectivity index (χ4v) is 1.67. The van der Waals surface area contributed by atoms with Crippen molar-refractivity contribution in [3.05, 3.63) is 42.0 Å². The van der Waals surface area contributed by atoms with Crippen molar-refractivity contribution in [3.8, 4) is 5.75 Å². The normalized spacial score (nSPS) is 11.2. The van der Waals surface area contributed by atoms with E-state index < -0.39 is 0 Å². The first kappa shape index (κ1) is 13.1. The van der Waals surface area contributed by atoms with Crippen LogP contribution >= 0.6 is 12.6 Å². The molecule has 0 saturated heterocycles. The molecule has 2 nitrogen and oxygen atoms in total. The Kier molecular flexibility index (Phi) is 6.04. The lowest BCUT2D eigenvalue weighted by molar-refractivity contribution is 0.347. The highest BCUT2D eigenvalue weighted by Crippen LogP contribution is 2.18. The van der Waals surface area contributed by atoms with Gasteiger partial charge in [-0.2, -0.15) is 12.6 Å². The second-order valence-corrected chi connectivity index (χ2v) is 4.03. The third kappa shape index (κ3) is 4.29. The molecule has 0 aliphatic heterocycles. The molecule has 0 fully saturated rings. The molecule has 0 radical (unpaired) electrons. The Morgan fingerprint density at radius 3 is 2.75 bits per heavy atom. The molecule has 0 unspecified atom stereocenters. The second-order valence-electron chi connectivity index (χ2n) is 3.66. The number of hydrogen-bond acceptors (Lipinski definition) is 3. The van der Waals surface area contributed by atoms with Gasteiger partial charge in [0.1, 0.15) is 5.75 Å². The molecule has 0 aromatic heterocycles. The van der Waals surface area contributed by atoms with E-state index in [1.807, 2.05) is 18.2 Å². The Balaban J connectivity index is 2.55. The average Bonchev–Trinajstić information content (AvgIpc) is 2.30. The number of likely N-dealkylation sites (N-methyl/N-ethyl adjacent to an activating group) is 1. The molecule has 0 aliphatic carbocycles. The Morgan fingerprint density at radius 1 is 1.31 bits per heavy atom. The largest absolute Gasteiger partial charge is 0.496 e. The average molecular weight is 237 g/mol. The van der Waals surface area contributed by atoms with E-state index in [2.05, 4.69) is 42.8 Å². The van der Waals surface area contributed by atoms with Crippen molar-refractivity contribution in [2.75, 3.05) is 26.5 Å². The minimum Gasteiger partial charge on any atom is -0.496 e. The summed E-state index contributed by atoms with van der Waals surface area (Å²) in [6.07, 6.45) is 4.18. The SMILES string of the molecule is COc1ccccc1CN(C)CC=CCS. The predicted octanol–water partition coefficient (Wildman–Crippen LogP) is 2.61. The van der Waals surface area contributed by atoms with Crippen LogP contribution in [0.15, 0.2) is 36.4 Å². The Morgan fingerprint density at radius 2 is 2.06 bits per heavy atom. The lowest BCUT2D eigenvalue weighted by Gasteiger charge is -2.16. The molecular weight excluding hydrogens is 218 g/mol. The van der Waals surface area contributed by atoms with Gasteiger partial charge in [-0.3, -0.25) is 4.90 Å². The van der Waals surface area contributed by atoms with Crippen LogP contribution < -0.4 is 4.74 Å². The first-order valence-corrected chi connectivity index (χ1v) is 5.97. The van der Waals surface area contributed by atoms with Crippen LogP contribution in [0.1, 0.15) is 5.56 Å². The highest BCUT2D eigenvalue weighted by atomic mass is 32.1. The lowest BCUT2D eigenvalue weighted by Crippen LogP contribution is -2.18. The third-order valence-corrected chi connectivity index (χ3v) is 2.53. The van der Waals surface area contributed by atoms with E-state index in [-0.39, 0.29) is 0 Å². The molecule has 16 heavy (non-hydrogen) atoms. The summed E-state index contributed by atoms with van der Waals surface area (Å²) in [6.45, 7) is 1.82. The topological polar surface area (TPSA) is 12.5 Å². The Bertz CT molecular complexity index is 338. The van der Waals surface area contributed by atoms with Crippen molar-refractivity contribution in [1.29, 1.82) is 0 Å². The van der Waals surface area contributed by atoms with Crippen LogP contribution in [0.4, 0.5) is 0 Å². The first-order valence-electron chi connectivity index (χ1n) is 5.34. The number of thiol groups is 1. The van der Waals surface area contributed by atoms with Crippen molar-refractivity contribution in [2.24, 2.45) is 0 Å². The zero-order valence-electron chi connectivity index (χ0n) is 9.89. The molecule has 0 spiro atoms. The molecule has 0 aliphatic rings. The maximum absolute atomic E-state index is 5.31. The van der Waals surface area contributed by atoms with Gasteiger partial charge in [0.15, 0.2) is 0 Å². The monoisotopic (exact) mass is 237 g/mol. The molecule has 1 aromatic carbocycles. The van der Waals surface area contributed by atoms with Crippen molar-refractivity contribution < 1.29 is 4.74 Å². The van der Waals surface area contributed by atoms with Gasteiger partial charge in [-0.05, 0) is 13.1 Å². The van der Waals surface area contributed by atoms with Crippen LogP contribution in [0, 0.1) is 0 Å². The van der Waals surface area contributed by atoms with Crippen LogP contribution in [0.5, 0.6) is 5.75 Å². The van der Waals surface area contributed by atoms with Crippen molar-refractivity contribution in [1.82, 2.24) is 4.90 Å². The van der Waals surface area contributed by atoms with Crippen molar-refractivity contribution in [2.45, 2.75) is 6.54 Å². The van der Waals surface area contributed by atoms with E-state index in [1.165, 1.54) is 5.56 Å². The van der Waals surface area contributed by atoms with E-state index in [4.69, 9.17) is 4.74 Å². The van der Waals surface area contributed by atoms with Gasteiger partial charge in [-0.25, -0.2) is 0 Å². The van der Waals surface area contributed by atoms with Gasteiger partial charge in [0.25, 0.3) is 0 Å². The molecule has 3 heteroatoms. The van der Waals surface area contributed by atoms with Gasteiger partial charge in [-0.15, -0.1) is 0 Å². The molecule has 0 saturated carbocycles. The van der Waals surface area contributed by atoms with E-state index in [0.29, 0.717) is 0 Å². The van der Waals surface area contributed by atoms with Gasteiger partial charge in [0, 0.05) is 24.4 Å². The third-order valence-electron chi connectivity index (χ3n) is 2.32. The molecule has 0 atom stereocenters. The summed E-state index contributed by atoms with van der Waals surface area (Å²) in [5.74, 6) is 1.75. The van der Waals surface area contributed by atoms with E-state index >= 15 is 0 Å². The summed E-state index contributed by atoms with van der Waals surface area (Å²) in [6, 6.07) is 8.11. The highest BCUT2D eigenvalue weighted by molar-refractivity contribution is 7.80. The minimum absolute atomic E-state index is 0.794. The first-order chi connectivity index (χ1) is 7.77. The summed E-state index contributed by atoms with van der Waals surface area (Å²) < 4.78 is 5.31. The highest BCUT2D eigenvalue weighted by Gasteiger charge is 2.03. The Labute approximate surface area is 103 Å². The summed E-state index contributed by atoms with van der Waals surface area (Å²) in [5.41, 5.74) is 1.21. The molecular formula is C13H19NOS. The van der Waals surface area contributed by atoms with Crippen LogP contribution in [0.2, 0.25) is 0 Å². The summed E-state index contributed by atoms with van der Waals surface area (Å²) in [5, 5.41) is 0. The number of nitrogens with zero attached hydrogens (tertiary/aromatic N) is 1. The van der Waals surface area contributed by atoms with Crippen molar-refractivity contribution >= 4 is 12.6 Å². The minimum atomic E-state index is 0.794. The molecule has 1 aromatic rings. The van der Waals surface area contributed by atoms with Gasteiger partial charge in [-0.1, -0.05) is 30.4 Å². The smallest absolute Gasteiger partial charge is 0.123 e. The standard InChI is InChI=1S/C13H19NOS/c1-14(9-5-6-10-16)11-12-7-3-4-8-13(12)15-2/h3-8,16H,9-11H2,1-2H3. The van der Waals surface area contributed by atoms with Gasteiger partial charge in [0.2, 0.25) is 0 Å². The summed E-state index contributed by atoms with van der Waals surface area (Å²) >= 11 is 4.13. The van der Waals surface area contributed by atoms with E-state index in [1.54, 1.807) is 7.11 Å². The maximum Gasteiger partial charge on any atom is 0.123 e. The quantitative estimate of drug-likeness (QED) is 0.603. The Hall–Kier alpha value is -0.930. The van der Waals surface area contributed by atoms with Crippen LogP contribution in [-0.4, -0.2) is 31.4 Å². The molecule has 0 heterocycles. The van der Waals surface area contributed by atoms with Crippen LogP contribution in [-0.2, 0) is 6.54 Å². The second kappa shape index (κ2) is 7.36. The zero-order chi connectivity index (χ0) is 11.8. The number of rotatable bonds is 6. The summed E-state index contributed by atoms with van der Waals surface area (Å²) in [7, 11) is 3.80. The zero-order valence-corrected chi connectivity index (χ0v) is 10.8. The van der Waals surface area contributed by atoms with Gasteiger partial charge < -0.3 is 4.74 Å². The van der Waals surface area contributed by atoms with E-state index in [0.717, 1.165) is 24.6 Å². The molecule has 1 rings (SSSR count). The van der Waals surface area contributed by atoms with E-state index in [9.17, 15) is 0 Å². The van der Waals surface area contributed by atoms with Crippen LogP contribution in [0.3, 0.4) is 0 Å². The number of ether oxygens (including phenoxy) is 1. The molecule has 88 valence electrons. The predicted molar refractivity (Wildman–Crippen MR) is 72.3 cm³/mol. The number of hydrogen-bond donors (Lipinski definition) is 1. The molecule has 0 amide bonds. The fraction of sp³-hybridized carbons (Fsp3) is 0.385. The molecule has 0 N–H and O–H groups in total. The number of para-hydroxylation sites is 1. The van der Waals surface area contributed by atoms with Gasteiger partial charge in [0.05, 0.1) is 7.11 Å². The number of benzene rings is 1. The number of methoxy groups -OCH3 is 1. The fourth-order valence-electron chi connectivity index (χ4n) is 1.52. The maximum atomic E-state index is 5.31. The lowest BCUT2D eigenvalue weighted by atomic mass is 10.2. The van der Waals surface area contributed by atoms with Crippen molar-refractivity contribution in [3.63, 3.8) is 0 Å². The summed E-state index contributed by atoms with van der Waals surface area (Å²) in [4.78, 5) is 2.23.